The monoisotopic (exact) mass is 289 g/mol. The van der Waals surface area contributed by atoms with Crippen molar-refractivity contribution < 1.29 is 14.3 Å². The van der Waals surface area contributed by atoms with Gasteiger partial charge >= 0.3 is 5.97 Å². The molecule has 1 N–H and O–H groups in total. The van der Waals surface area contributed by atoms with E-state index in [1.165, 1.54) is 7.11 Å². The number of aryl methyl sites for hydroxylation is 1. The van der Waals surface area contributed by atoms with Crippen LogP contribution in [0.1, 0.15) is 15.9 Å². The standard InChI is InChI=1S/C12H13Cl2NO3/c1-7-3-4-8(13)5-9(7)11(16)15-6-10(14)12(17)18-2/h3-5,10H,6H2,1-2H3,(H,15,16). The van der Waals surface area contributed by atoms with Gasteiger partial charge < -0.3 is 10.1 Å². The highest BCUT2D eigenvalue weighted by atomic mass is 35.5. The van der Waals surface area contributed by atoms with E-state index < -0.39 is 11.3 Å². The number of hydrogen-bond donors (Lipinski definition) is 1. The molecule has 1 atom stereocenters. The number of amides is 1. The molecular weight excluding hydrogens is 277 g/mol. The van der Waals surface area contributed by atoms with Gasteiger partial charge in [0.05, 0.1) is 7.11 Å². The number of hydrogen-bond acceptors (Lipinski definition) is 3. The molecule has 0 aliphatic carbocycles. The number of benzene rings is 1. The summed E-state index contributed by atoms with van der Waals surface area (Å²) < 4.78 is 4.45. The largest absolute Gasteiger partial charge is 0.468 e. The summed E-state index contributed by atoms with van der Waals surface area (Å²) in [5.41, 5.74) is 1.25. The number of alkyl halides is 1. The molecular formula is C12H13Cl2NO3. The Balaban J connectivity index is 2.66. The second kappa shape index (κ2) is 6.61. The Hall–Kier alpha value is -1.26. The highest BCUT2D eigenvalue weighted by Gasteiger charge is 2.17. The van der Waals surface area contributed by atoms with E-state index in [1.54, 1.807) is 25.1 Å². The average Bonchev–Trinajstić information content (AvgIpc) is 2.37. The maximum atomic E-state index is 11.9. The first-order valence-corrected chi connectivity index (χ1v) is 6.03. The molecule has 0 aliphatic rings. The third-order valence-corrected chi connectivity index (χ3v) is 2.91. The van der Waals surface area contributed by atoms with Crippen molar-refractivity contribution in [1.82, 2.24) is 5.32 Å². The Morgan fingerprint density at radius 3 is 2.72 bits per heavy atom. The average molecular weight is 290 g/mol. The SMILES string of the molecule is COC(=O)C(Cl)CNC(=O)c1cc(Cl)ccc1C. The van der Waals surface area contributed by atoms with Crippen LogP contribution in [-0.2, 0) is 9.53 Å². The molecule has 18 heavy (non-hydrogen) atoms. The van der Waals surface area contributed by atoms with Crippen molar-refractivity contribution in [2.24, 2.45) is 0 Å². The van der Waals surface area contributed by atoms with Crippen molar-refractivity contribution in [3.63, 3.8) is 0 Å². The van der Waals surface area contributed by atoms with Crippen LogP contribution in [0.4, 0.5) is 0 Å². The van der Waals surface area contributed by atoms with Crippen LogP contribution < -0.4 is 5.32 Å². The molecule has 0 fully saturated rings. The lowest BCUT2D eigenvalue weighted by Crippen LogP contribution is -2.34. The van der Waals surface area contributed by atoms with Gasteiger partial charge in [-0.3, -0.25) is 9.59 Å². The van der Waals surface area contributed by atoms with Gasteiger partial charge in [0.2, 0.25) is 0 Å². The summed E-state index contributed by atoms with van der Waals surface area (Å²) in [6.45, 7) is 1.79. The number of carbonyl (C=O) groups excluding carboxylic acids is 2. The smallest absolute Gasteiger partial charge is 0.325 e. The van der Waals surface area contributed by atoms with Crippen LogP contribution in [0.5, 0.6) is 0 Å². The Labute approximate surface area is 115 Å². The Morgan fingerprint density at radius 1 is 1.44 bits per heavy atom. The molecule has 1 rings (SSSR count). The van der Waals surface area contributed by atoms with Crippen LogP contribution in [-0.4, -0.2) is 30.9 Å². The van der Waals surface area contributed by atoms with Gasteiger partial charge in [-0.05, 0) is 24.6 Å². The molecule has 98 valence electrons. The van der Waals surface area contributed by atoms with E-state index in [-0.39, 0.29) is 12.5 Å². The second-order valence-corrected chi connectivity index (χ2v) is 4.62. The normalized spacial score (nSPS) is 11.8. The Kier molecular flexibility index (Phi) is 5.44. The van der Waals surface area contributed by atoms with Crippen molar-refractivity contribution in [3.05, 3.63) is 34.3 Å². The van der Waals surface area contributed by atoms with Crippen LogP contribution in [0, 0.1) is 6.92 Å². The quantitative estimate of drug-likeness (QED) is 0.683. The molecule has 0 spiro atoms. The lowest BCUT2D eigenvalue weighted by atomic mass is 10.1. The topological polar surface area (TPSA) is 55.4 Å². The van der Waals surface area contributed by atoms with Crippen LogP contribution in [0.25, 0.3) is 0 Å². The summed E-state index contributed by atoms with van der Waals surface area (Å²) in [6, 6.07) is 5.01. The lowest BCUT2D eigenvalue weighted by molar-refractivity contribution is -0.140. The molecule has 0 bridgehead atoms. The number of halogens is 2. The number of methoxy groups -OCH3 is 1. The molecule has 0 aromatic heterocycles. The molecule has 0 saturated heterocycles. The summed E-state index contributed by atoms with van der Waals surface area (Å²) in [4.78, 5) is 22.9. The van der Waals surface area contributed by atoms with Crippen molar-refractivity contribution in [2.45, 2.75) is 12.3 Å². The van der Waals surface area contributed by atoms with E-state index in [2.05, 4.69) is 10.1 Å². The summed E-state index contributed by atoms with van der Waals surface area (Å²) in [5.74, 6) is -0.913. The van der Waals surface area contributed by atoms with E-state index in [0.29, 0.717) is 10.6 Å². The maximum Gasteiger partial charge on any atom is 0.325 e. The van der Waals surface area contributed by atoms with Crippen LogP contribution in [0.15, 0.2) is 18.2 Å². The van der Waals surface area contributed by atoms with Gasteiger partial charge in [-0.1, -0.05) is 17.7 Å². The minimum Gasteiger partial charge on any atom is -0.468 e. The van der Waals surface area contributed by atoms with Gasteiger partial charge in [-0.15, -0.1) is 11.6 Å². The zero-order valence-corrected chi connectivity index (χ0v) is 11.5. The van der Waals surface area contributed by atoms with E-state index in [1.807, 2.05) is 0 Å². The van der Waals surface area contributed by atoms with Crippen LogP contribution >= 0.6 is 23.2 Å². The minimum absolute atomic E-state index is 0.000977. The molecule has 4 nitrogen and oxygen atoms in total. The van der Waals surface area contributed by atoms with Crippen molar-refractivity contribution in [1.29, 1.82) is 0 Å². The van der Waals surface area contributed by atoms with E-state index >= 15 is 0 Å². The summed E-state index contributed by atoms with van der Waals surface area (Å²) >= 11 is 11.5. The number of ether oxygens (including phenoxy) is 1. The maximum absolute atomic E-state index is 11.9. The zero-order chi connectivity index (χ0) is 13.7. The second-order valence-electron chi connectivity index (χ2n) is 3.66. The molecule has 6 heteroatoms. The highest BCUT2D eigenvalue weighted by Crippen LogP contribution is 2.15. The molecule has 0 heterocycles. The van der Waals surface area contributed by atoms with Gasteiger partial charge in [-0.2, -0.15) is 0 Å². The summed E-state index contributed by atoms with van der Waals surface area (Å²) in [7, 11) is 1.24. The summed E-state index contributed by atoms with van der Waals surface area (Å²) in [5, 5.41) is 2.12. The third kappa shape index (κ3) is 3.89. The highest BCUT2D eigenvalue weighted by molar-refractivity contribution is 6.31. The minimum atomic E-state index is -0.904. The number of esters is 1. The van der Waals surface area contributed by atoms with Gasteiger partial charge in [0.25, 0.3) is 5.91 Å². The van der Waals surface area contributed by atoms with Crippen LogP contribution in [0.3, 0.4) is 0 Å². The fourth-order valence-corrected chi connectivity index (χ4v) is 1.67. The van der Waals surface area contributed by atoms with Gasteiger partial charge in [0.15, 0.2) is 0 Å². The van der Waals surface area contributed by atoms with Crippen molar-refractivity contribution in [3.8, 4) is 0 Å². The predicted octanol–water partition coefficient (Wildman–Crippen LogP) is 2.16. The summed E-state index contributed by atoms with van der Waals surface area (Å²) in [6.07, 6.45) is 0. The molecule has 0 aliphatic heterocycles. The predicted molar refractivity (Wildman–Crippen MR) is 70.2 cm³/mol. The first kappa shape index (κ1) is 14.8. The van der Waals surface area contributed by atoms with Crippen LogP contribution in [0.2, 0.25) is 5.02 Å². The van der Waals surface area contributed by atoms with Gasteiger partial charge in [0.1, 0.15) is 5.38 Å². The molecule has 1 unspecified atom stereocenters. The number of rotatable bonds is 4. The van der Waals surface area contributed by atoms with Gasteiger partial charge in [-0.25, -0.2) is 0 Å². The van der Waals surface area contributed by atoms with Crippen molar-refractivity contribution in [2.75, 3.05) is 13.7 Å². The first-order chi connectivity index (χ1) is 8.45. The zero-order valence-electron chi connectivity index (χ0n) is 10.00. The van der Waals surface area contributed by atoms with Crippen molar-refractivity contribution >= 4 is 35.1 Å². The van der Waals surface area contributed by atoms with E-state index in [9.17, 15) is 9.59 Å². The molecule has 0 radical (unpaired) electrons. The molecule has 1 amide bonds. The fraction of sp³-hybridized carbons (Fsp3) is 0.333. The van der Waals surface area contributed by atoms with E-state index in [0.717, 1.165) is 5.56 Å². The molecule has 0 saturated carbocycles. The fourth-order valence-electron chi connectivity index (χ4n) is 1.33. The van der Waals surface area contributed by atoms with E-state index in [4.69, 9.17) is 23.2 Å². The number of nitrogens with one attached hydrogen (secondary N) is 1. The number of carbonyl (C=O) groups is 2. The third-order valence-electron chi connectivity index (χ3n) is 2.34. The molecule has 1 aromatic rings. The lowest BCUT2D eigenvalue weighted by Gasteiger charge is -2.10. The van der Waals surface area contributed by atoms with Gasteiger partial charge in [0, 0.05) is 17.1 Å². The Morgan fingerprint density at radius 2 is 2.11 bits per heavy atom. The Bertz CT molecular complexity index is 463. The molecule has 1 aromatic carbocycles. The first-order valence-electron chi connectivity index (χ1n) is 5.22.